The second-order valence-corrected chi connectivity index (χ2v) is 3.85. The Kier molecular flexibility index (Phi) is 1.20. The van der Waals surface area contributed by atoms with E-state index in [0.29, 0.717) is 0 Å². The molecule has 0 bridgehead atoms. The van der Waals surface area contributed by atoms with Crippen LogP contribution in [0.5, 0.6) is 0 Å². The Bertz CT molecular complexity index is 276. The van der Waals surface area contributed by atoms with E-state index in [1.54, 1.807) is 0 Å². The van der Waals surface area contributed by atoms with Crippen molar-refractivity contribution in [3.63, 3.8) is 0 Å². The maximum Gasteiger partial charge on any atom is -0.00131 e. The summed E-state index contributed by atoms with van der Waals surface area (Å²) in [6, 6.07) is 0. The Hall–Kier alpha value is -1.04. The highest BCUT2D eigenvalue weighted by Gasteiger charge is 2.51. The lowest BCUT2D eigenvalue weighted by Crippen LogP contribution is -1.82. The van der Waals surface area contributed by atoms with Crippen LogP contribution in [0.15, 0.2) is 48.6 Å². The number of fused-ring (bicyclic) bond motifs is 1. The zero-order valence-corrected chi connectivity index (χ0v) is 6.93. The minimum absolute atomic E-state index is 0.825. The van der Waals surface area contributed by atoms with Gasteiger partial charge in [0.05, 0.1) is 0 Å². The largest absolute Gasteiger partial charge is 0.0807 e. The van der Waals surface area contributed by atoms with Gasteiger partial charge in [0, 0.05) is 0 Å². The molecule has 0 spiro atoms. The number of rotatable bonds is 1. The normalized spacial score (nSPS) is 42.2. The van der Waals surface area contributed by atoms with Crippen molar-refractivity contribution in [3.05, 3.63) is 48.6 Å². The van der Waals surface area contributed by atoms with Gasteiger partial charge in [-0.25, -0.2) is 0 Å². The molecule has 0 saturated heterocycles. The molecule has 0 unspecified atom stereocenters. The van der Waals surface area contributed by atoms with E-state index >= 15 is 0 Å². The quantitative estimate of drug-likeness (QED) is 0.512. The molecule has 0 aromatic heterocycles. The van der Waals surface area contributed by atoms with Crippen LogP contribution in [0.25, 0.3) is 0 Å². The van der Waals surface area contributed by atoms with Crippen molar-refractivity contribution in [3.8, 4) is 0 Å². The first-order valence-corrected chi connectivity index (χ1v) is 4.67. The lowest BCUT2D eigenvalue weighted by molar-refractivity contribution is 0.711. The fourth-order valence-electron chi connectivity index (χ4n) is 2.25. The zero-order valence-electron chi connectivity index (χ0n) is 6.93. The van der Waals surface area contributed by atoms with Crippen LogP contribution in [0.3, 0.4) is 0 Å². The molecule has 3 aliphatic carbocycles. The molecule has 0 atom stereocenters. The average Bonchev–Trinajstić information content (AvgIpc) is 2.82. The molecule has 0 aromatic rings. The van der Waals surface area contributed by atoms with Crippen LogP contribution in [-0.2, 0) is 0 Å². The van der Waals surface area contributed by atoms with Gasteiger partial charge in [-0.05, 0) is 23.7 Å². The average molecular weight is 156 g/mol. The van der Waals surface area contributed by atoms with E-state index in [9.17, 15) is 0 Å². The molecule has 60 valence electrons. The summed E-state index contributed by atoms with van der Waals surface area (Å²) >= 11 is 0. The van der Waals surface area contributed by atoms with Crippen LogP contribution < -0.4 is 0 Å². The number of hydrogen-bond donors (Lipinski definition) is 0. The van der Waals surface area contributed by atoms with Crippen molar-refractivity contribution in [1.82, 2.24) is 0 Å². The van der Waals surface area contributed by atoms with E-state index in [-0.39, 0.29) is 0 Å². The molecule has 12 heavy (non-hydrogen) atoms. The molecule has 0 amide bonds. The molecule has 1 saturated carbocycles. The van der Waals surface area contributed by atoms with E-state index in [1.807, 2.05) is 0 Å². The molecule has 0 aromatic carbocycles. The van der Waals surface area contributed by atoms with E-state index in [4.69, 9.17) is 0 Å². The lowest BCUT2D eigenvalue weighted by Gasteiger charge is -1.87. The molecule has 3 aliphatic rings. The number of allylic oxidation sites excluding steroid dienone is 8. The Balaban J connectivity index is 1.81. The predicted molar refractivity (Wildman–Crippen MR) is 50.5 cm³/mol. The van der Waals surface area contributed by atoms with Crippen LogP contribution in [0.4, 0.5) is 0 Å². The van der Waals surface area contributed by atoms with Crippen molar-refractivity contribution in [2.24, 2.45) is 23.7 Å². The second-order valence-electron chi connectivity index (χ2n) is 3.85. The van der Waals surface area contributed by atoms with Gasteiger partial charge in [-0.2, -0.15) is 0 Å². The summed E-state index contributed by atoms with van der Waals surface area (Å²) in [6.45, 7) is 0. The van der Waals surface area contributed by atoms with Gasteiger partial charge in [0.1, 0.15) is 0 Å². The summed E-state index contributed by atoms with van der Waals surface area (Å²) in [6.07, 6.45) is 18.0. The van der Waals surface area contributed by atoms with Gasteiger partial charge in [0.2, 0.25) is 0 Å². The first kappa shape index (κ1) is 6.47. The zero-order chi connectivity index (χ0) is 7.97. The van der Waals surface area contributed by atoms with Gasteiger partial charge in [-0.15, -0.1) is 0 Å². The maximum atomic E-state index is 2.36. The van der Waals surface area contributed by atoms with Crippen molar-refractivity contribution >= 4 is 0 Å². The van der Waals surface area contributed by atoms with E-state index < -0.39 is 0 Å². The van der Waals surface area contributed by atoms with Gasteiger partial charge < -0.3 is 0 Å². The maximum absolute atomic E-state index is 2.36. The summed E-state index contributed by atoms with van der Waals surface area (Å²) in [5, 5.41) is 0. The predicted octanol–water partition coefficient (Wildman–Crippen LogP) is 2.72. The first-order valence-electron chi connectivity index (χ1n) is 4.67. The topological polar surface area (TPSA) is 0 Å². The van der Waals surface area contributed by atoms with Gasteiger partial charge >= 0.3 is 0 Å². The molecule has 0 heterocycles. The summed E-state index contributed by atoms with van der Waals surface area (Å²) in [5.41, 5.74) is 0. The van der Waals surface area contributed by atoms with Gasteiger partial charge in [-0.1, -0.05) is 48.6 Å². The first-order chi connectivity index (χ1) is 5.97. The lowest BCUT2D eigenvalue weighted by atomic mass is 10.2. The highest BCUT2D eigenvalue weighted by Crippen LogP contribution is 2.56. The Labute approximate surface area is 73.0 Å². The highest BCUT2D eigenvalue weighted by molar-refractivity contribution is 5.31. The minimum atomic E-state index is 0.825. The van der Waals surface area contributed by atoms with Crippen LogP contribution >= 0.6 is 0 Å². The number of hydrogen-bond acceptors (Lipinski definition) is 0. The summed E-state index contributed by atoms with van der Waals surface area (Å²) in [5.74, 6) is 3.38. The van der Waals surface area contributed by atoms with Gasteiger partial charge in [-0.3, -0.25) is 0 Å². The standard InChI is InChI=1S/C12H12/c1-2-4-6-11-10(5-3-1)12(11)9-7-8-9/h1-12H. The van der Waals surface area contributed by atoms with Crippen LogP contribution in [0.1, 0.15) is 0 Å². The van der Waals surface area contributed by atoms with Crippen molar-refractivity contribution in [1.29, 1.82) is 0 Å². The van der Waals surface area contributed by atoms with Crippen LogP contribution in [0.2, 0.25) is 0 Å². The van der Waals surface area contributed by atoms with Crippen LogP contribution in [-0.4, -0.2) is 0 Å². The molecule has 0 N–H and O–H groups in total. The Morgan fingerprint density at radius 1 is 0.583 bits per heavy atom. The fraction of sp³-hybridized carbons (Fsp3) is 0.333. The molecule has 0 radical (unpaired) electrons. The molecule has 0 nitrogen and oxygen atoms in total. The van der Waals surface area contributed by atoms with Crippen molar-refractivity contribution in [2.45, 2.75) is 0 Å². The van der Waals surface area contributed by atoms with Gasteiger partial charge in [0.15, 0.2) is 0 Å². The Morgan fingerprint density at radius 3 is 1.67 bits per heavy atom. The smallest absolute Gasteiger partial charge is 0.00131 e. The second kappa shape index (κ2) is 2.22. The summed E-state index contributed by atoms with van der Waals surface area (Å²) in [4.78, 5) is 0. The molecular formula is C12H12. The molecule has 3 rings (SSSR count). The fourth-order valence-corrected chi connectivity index (χ4v) is 2.25. The monoisotopic (exact) mass is 156 g/mol. The third-order valence-electron chi connectivity index (χ3n) is 3.05. The van der Waals surface area contributed by atoms with Gasteiger partial charge in [0.25, 0.3) is 0 Å². The van der Waals surface area contributed by atoms with Crippen molar-refractivity contribution < 1.29 is 0 Å². The third-order valence-corrected chi connectivity index (χ3v) is 3.05. The molecule has 0 aliphatic heterocycles. The molecule has 0 heteroatoms. The van der Waals surface area contributed by atoms with E-state index in [0.717, 1.165) is 23.7 Å². The van der Waals surface area contributed by atoms with E-state index in [2.05, 4.69) is 48.6 Å². The highest BCUT2D eigenvalue weighted by atomic mass is 14.5. The minimum Gasteiger partial charge on any atom is -0.0807 e. The molecule has 1 fully saturated rings. The Morgan fingerprint density at radius 2 is 1.17 bits per heavy atom. The van der Waals surface area contributed by atoms with Crippen molar-refractivity contribution in [2.75, 3.05) is 0 Å². The van der Waals surface area contributed by atoms with E-state index in [1.165, 1.54) is 0 Å². The van der Waals surface area contributed by atoms with Crippen LogP contribution in [0, 0.1) is 23.7 Å². The SMILES string of the molecule is C1=CC=CC2C(C=C1)C2C1C=C1. The molecular weight excluding hydrogens is 144 g/mol. The summed E-state index contributed by atoms with van der Waals surface area (Å²) in [7, 11) is 0. The third kappa shape index (κ3) is 0.911. The summed E-state index contributed by atoms with van der Waals surface area (Å²) < 4.78 is 0.